The molecule has 1 rings (SSSR count). The van der Waals surface area contributed by atoms with Gasteiger partial charge in [-0.2, -0.15) is 0 Å². The van der Waals surface area contributed by atoms with Crippen LogP contribution >= 0.6 is 0 Å². The molecule has 0 aliphatic heterocycles. The third-order valence-corrected chi connectivity index (χ3v) is 4.26. The Labute approximate surface area is 179 Å². The highest BCUT2D eigenvalue weighted by molar-refractivity contribution is 6.03. The van der Waals surface area contributed by atoms with Crippen LogP contribution in [0.2, 0.25) is 0 Å². The predicted molar refractivity (Wildman–Crippen MR) is 115 cm³/mol. The number of para-hydroxylation sites is 1. The maximum absolute atomic E-state index is 12.6. The molecule has 0 aliphatic carbocycles. The molecule has 1 N–H and O–H groups in total. The molecular formula is C23H35NO6. The fourth-order valence-electron chi connectivity index (χ4n) is 2.93. The second-order valence-corrected chi connectivity index (χ2v) is 7.98. The fraction of sp³-hybridized carbons (Fsp3) is 0.609. The number of ketones is 1. The van der Waals surface area contributed by atoms with Gasteiger partial charge in [-0.25, -0.2) is 9.59 Å². The summed E-state index contributed by atoms with van der Waals surface area (Å²) in [6.07, 6.45) is 4.46. The van der Waals surface area contributed by atoms with E-state index in [4.69, 9.17) is 14.2 Å². The van der Waals surface area contributed by atoms with Crippen molar-refractivity contribution >= 4 is 17.8 Å². The summed E-state index contributed by atoms with van der Waals surface area (Å²) >= 11 is 0. The van der Waals surface area contributed by atoms with E-state index in [-0.39, 0.29) is 23.7 Å². The largest absolute Gasteiger partial charge is 0.495 e. The lowest BCUT2D eigenvalue weighted by Gasteiger charge is -2.19. The zero-order valence-corrected chi connectivity index (χ0v) is 18.8. The summed E-state index contributed by atoms with van der Waals surface area (Å²) in [5, 5.41) is 2.74. The Morgan fingerprint density at radius 3 is 2.23 bits per heavy atom. The van der Waals surface area contributed by atoms with Gasteiger partial charge in [-0.15, -0.1) is 0 Å². The van der Waals surface area contributed by atoms with E-state index in [0.29, 0.717) is 18.5 Å². The lowest BCUT2D eigenvalue weighted by molar-refractivity contribution is 0.0513. The standard InChI is InChI=1S/C23H35NO6/c1-6-29-21(26)18-14-12-13-17(20(18)28-5)19(25)15-10-8-7-9-11-16-24-22(27)30-23(2,3)4/h12-14H,6-11,15-16H2,1-5H3,(H,24,27). The molecule has 0 heterocycles. The van der Waals surface area contributed by atoms with Crippen LogP contribution in [-0.4, -0.2) is 43.7 Å². The number of unbranched alkanes of at least 4 members (excludes halogenated alkanes) is 4. The lowest BCUT2D eigenvalue weighted by atomic mass is 10.0. The molecule has 0 aliphatic rings. The molecule has 1 aromatic rings. The first-order chi connectivity index (χ1) is 14.2. The second kappa shape index (κ2) is 12.9. The zero-order chi connectivity index (χ0) is 22.6. The molecule has 0 spiro atoms. The molecule has 0 fully saturated rings. The van der Waals surface area contributed by atoms with Gasteiger partial charge in [0, 0.05) is 13.0 Å². The Hall–Kier alpha value is -2.57. The third kappa shape index (κ3) is 9.29. The Balaban J connectivity index is 2.35. The van der Waals surface area contributed by atoms with Crippen molar-refractivity contribution in [1.82, 2.24) is 5.32 Å². The molecule has 7 heteroatoms. The highest BCUT2D eigenvalue weighted by Gasteiger charge is 2.20. The van der Waals surface area contributed by atoms with Gasteiger partial charge < -0.3 is 19.5 Å². The Morgan fingerprint density at radius 2 is 1.60 bits per heavy atom. The first kappa shape index (κ1) is 25.5. The summed E-state index contributed by atoms with van der Waals surface area (Å²) in [5.41, 5.74) is 0.182. The van der Waals surface area contributed by atoms with Gasteiger partial charge in [0.25, 0.3) is 0 Å². The number of hydrogen-bond acceptors (Lipinski definition) is 6. The van der Waals surface area contributed by atoms with Crippen LogP contribution in [0.5, 0.6) is 5.75 Å². The minimum absolute atomic E-state index is 0.0513. The third-order valence-electron chi connectivity index (χ3n) is 4.26. The number of amides is 1. The van der Waals surface area contributed by atoms with Crippen molar-refractivity contribution in [2.24, 2.45) is 0 Å². The fourth-order valence-corrected chi connectivity index (χ4v) is 2.93. The molecule has 30 heavy (non-hydrogen) atoms. The quantitative estimate of drug-likeness (QED) is 0.293. The van der Waals surface area contributed by atoms with Gasteiger partial charge in [0.1, 0.15) is 16.9 Å². The van der Waals surface area contributed by atoms with Gasteiger partial charge in [-0.3, -0.25) is 4.79 Å². The van der Waals surface area contributed by atoms with Gasteiger partial charge in [0.05, 0.1) is 19.3 Å². The van der Waals surface area contributed by atoms with Crippen LogP contribution < -0.4 is 10.1 Å². The SMILES string of the molecule is CCOC(=O)c1cccc(C(=O)CCCCCCCNC(=O)OC(C)(C)C)c1OC. The highest BCUT2D eigenvalue weighted by Crippen LogP contribution is 2.26. The van der Waals surface area contributed by atoms with Gasteiger partial charge >= 0.3 is 12.1 Å². The molecule has 0 saturated heterocycles. The van der Waals surface area contributed by atoms with E-state index in [1.54, 1.807) is 25.1 Å². The van der Waals surface area contributed by atoms with Crippen molar-refractivity contribution in [2.45, 2.75) is 71.8 Å². The zero-order valence-electron chi connectivity index (χ0n) is 18.8. The second-order valence-electron chi connectivity index (χ2n) is 7.98. The molecule has 0 radical (unpaired) electrons. The number of alkyl carbamates (subject to hydrolysis) is 1. The van der Waals surface area contributed by atoms with E-state index in [0.717, 1.165) is 32.1 Å². The topological polar surface area (TPSA) is 90.9 Å². The number of carbonyl (C=O) groups is 3. The summed E-state index contributed by atoms with van der Waals surface area (Å²) < 4.78 is 15.5. The molecule has 1 aromatic carbocycles. The summed E-state index contributed by atoms with van der Waals surface area (Å²) in [7, 11) is 1.44. The smallest absolute Gasteiger partial charge is 0.407 e. The summed E-state index contributed by atoms with van der Waals surface area (Å²) in [6.45, 7) is 8.05. The van der Waals surface area contributed by atoms with Crippen LogP contribution in [0.15, 0.2) is 18.2 Å². The summed E-state index contributed by atoms with van der Waals surface area (Å²) in [4.78, 5) is 36.2. The van der Waals surface area contributed by atoms with E-state index < -0.39 is 17.7 Å². The van der Waals surface area contributed by atoms with E-state index in [2.05, 4.69) is 5.32 Å². The van der Waals surface area contributed by atoms with E-state index in [9.17, 15) is 14.4 Å². The summed E-state index contributed by atoms with van der Waals surface area (Å²) in [6, 6.07) is 4.94. The molecule has 1 amide bonds. The number of carbonyl (C=O) groups excluding carboxylic acids is 3. The lowest BCUT2D eigenvalue weighted by Crippen LogP contribution is -2.32. The number of benzene rings is 1. The van der Waals surface area contributed by atoms with Crippen LogP contribution in [0.3, 0.4) is 0 Å². The number of esters is 1. The van der Waals surface area contributed by atoms with Crippen LogP contribution in [0.25, 0.3) is 0 Å². The molecule has 0 aromatic heterocycles. The molecule has 168 valence electrons. The first-order valence-electron chi connectivity index (χ1n) is 10.5. The van der Waals surface area contributed by atoms with Crippen molar-refractivity contribution in [2.75, 3.05) is 20.3 Å². The van der Waals surface area contributed by atoms with Gasteiger partial charge in [-0.1, -0.05) is 25.3 Å². The van der Waals surface area contributed by atoms with Crippen LogP contribution in [0.4, 0.5) is 4.79 Å². The minimum Gasteiger partial charge on any atom is -0.495 e. The number of methoxy groups -OCH3 is 1. The van der Waals surface area contributed by atoms with Gasteiger partial charge in [-0.05, 0) is 52.7 Å². The number of nitrogens with one attached hydrogen (secondary N) is 1. The monoisotopic (exact) mass is 421 g/mol. The highest BCUT2D eigenvalue weighted by atomic mass is 16.6. The molecule has 7 nitrogen and oxygen atoms in total. The average Bonchev–Trinajstić information content (AvgIpc) is 2.67. The van der Waals surface area contributed by atoms with Crippen molar-refractivity contribution < 1.29 is 28.6 Å². The summed E-state index contributed by atoms with van der Waals surface area (Å²) in [5.74, 6) is -0.275. The molecule has 0 bridgehead atoms. The van der Waals surface area contributed by atoms with E-state index in [1.807, 2.05) is 20.8 Å². The number of rotatable bonds is 12. The van der Waals surface area contributed by atoms with Crippen LogP contribution in [0, 0.1) is 0 Å². The van der Waals surface area contributed by atoms with Crippen LogP contribution in [-0.2, 0) is 9.47 Å². The molecule has 0 atom stereocenters. The number of hydrogen-bond donors (Lipinski definition) is 1. The van der Waals surface area contributed by atoms with Crippen LogP contribution in [0.1, 0.15) is 86.9 Å². The average molecular weight is 422 g/mol. The molecule has 0 unspecified atom stereocenters. The molecular weight excluding hydrogens is 386 g/mol. The van der Waals surface area contributed by atoms with Crippen molar-refractivity contribution in [3.8, 4) is 5.75 Å². The van der Waals surface area contributed by atoms with Crippen molar-refractivity contribution in [3.05, 3.63) is 29.3 Å². The number of ether oxygens (including phenoxy) is 3. The van der Waals surface area contributed by atoms with Crippen molar-refractivity contribution in [3.63, 3.8) is 0 Å². The van der Waals surface area contributed by atoms with E-state index >= 15 is 0 Å². The predicted octanol–water partition coefficient (Wildman–Crippen LogP) is 4.92. The minimum atomic E-state index is -0.496. The Kier molecular flexibility index (Phi) is 10.9. The van der Waals surface area contributed by atoms with E-state index in [1.165, 1.54) is 7.11 Å². The number of Topliss-reactive ketones (excluding diaryl/α,β-unsaturated/α-hetero) is 1. The molecule has 0 saturated carbocycles. The maximum atomic E-state index is 12.6. The van der Waals surface area contributed by atoms with Crippen molar-refractivity contribution in [1.29, 1.82) is 0 Å². The Morgan fingerprint density at radius 1 is 0.967 bits per heavy atom. The van der Waals surface area contributed by atoms with Gasteiger partial charge in [0.2, 0.25) is 0 Å². The normalized spacial score (nSPS) is 11.0. The van der Waals surface area contributed by atoms with Gasteiger partial charge in [0.15, 0.2) is 5.78 Å². The Bertz CT molecular complexity index is 708. The maximum Gasteiger partial charge on any atom is 0.407 e. The first-order valence-corrected chi connectivity index (χ1v) is 10.5.